The molecule has 8 nitrogen and oxygen atoms in total. The summed E-state index contributed by atoms with van der Waals surface area (Å²) in [5.74, 6) is -1.19. The van der Waals surface area contributed by atoms with Gasteiger partial charge < -0.3 is 15.2 Å². The largest absolute Gasteiger partial charge is 0.481 e. The summed E-state index contributed by atoms with van der Waals surface area (Å²) in [6.45, 7) is 4.65. The Balaban J connectivity index is 2.67. The molecule has 1 saturated heterocycles. The molecule has 0 aromatic rings. The van der Waals surface area contributed by atoms with E-state index in [1.807, 2.05) is 13.8 Å². The smallest absolute Gasteiger partial charge is 0.305 e. The number of carbonyl (C=O) groups excluding carboxylic acids is 3. The van der Waals surface area contributed by atoms with Gasteiger partial charge in [0.2, 0.25) is 11.8 Å². The Kier molecular flexibility index (Phi) is 7.84. The highest BCUT2D eigenvalue weighted by Gasteiger charge is 2.34. The number of likely N-dealkylation sites (N-methyl/N-ethyl adjacent to an activating group) is 1. The molecule has 1 aliphatic rings. The number of aliphatic carboxylic acids is 1. The molecule has 2 unspecified atom stereocenters. The Bertz CT molecular complexity index is 480. The number of nitrogens with one attached hydrogen (secondary N) is 1. The van der Waals surface area contributed by atoms with E-state index in [1.54, 1.807) is 17.1 Å². The molecular weight excluding hydrogens is 314 g/mol. The monoisotopic (exact) mass is 341 g/mol. The van der Waals surface area contributed by atoms with Gasteiger partial charge >= 0.3 is 5.97 Å². The van der Waals surface area contributed by atoms with Crippen molar-refractivity contribution in [3.8, 4) is 0 Å². The number of carbonyl (C=O) groups is 4. The van der Waals surface area contributed by atoms with Crippen molar-refractivity contribution >= 4 is 24.1 Å². The highest BCUT2D eigenvalue weighted by Crippen LogP contribution is 2.19. The van der Waals surface area contributed by atoms with Crippen molar-refractivity contribution in [1.82, 2.24) is 15.3 Å². The van der Waals surface area contributed by atoms with Gasteiger partial charge in [-0.2, -0.15) is 0 Å². The summed E-state index contributed by atoms with van der Waals surface area (Å²) in [5, 5.41) is 14.3. The third kappa shape index (κ3) is 5.92. The first kappa shape index (κ1) is 20.1. The zero-order valence-electron chi connectivity index (χ0n) is 14.5. The fourth-order valence-corrected chi connectivity index (χ4v) is 2.69. The molecule has 0 spiro atoms. The van der Waals surface area contributed by atoms with Gasteiger partial charge in [-0.1, -0.05) is 13.8 Å². The first-order chi connectivity index (χ1) is 11.3. The molecule has 1 aliphatic heterocycles. The molecule has 0 bridgehead atoms. The molecule has 0 radical (unpaired) electrons. The molecule has 24 heavy (non-hydrogen) atoms. The SMILES string of the molecule is CC(C)CCC(=O)N1CCCC(C(=O)NC(C=O)CC(=O)O)N1C. The Labute approximate surface area is 142 Å². The van der Waals surface area contributed by atoms with Crippen LogP contribution in [0.1, 0.15) is 46.0 Å². The van der Waals surface area contributed by atoms with E-state index in [4.69, 9.17) is 5.11 Å². The first-order valence-electron chi connectivity index (χ1n) is 8.26. The minimum absolute atomic E-state index is 0.0267. The number of hydrogen-bond donors (Lipinski definition) is 2. The first-order valence-corrected chi connectivity index (χ1v) is 8.26. The second kappa shape index (κ2) is 9.36. The minimum Gasteiger partial charge on any atom is -0.481 e. The predicted octanol–water partition coefficient (Wildman–Crippen LogP) is 0.419. The molecule has 1 rings (SSSR count). The topological polar surface area (TPSA) is 107 Å². The van der Waals surface area contributed by atoms with Crippen LogP contribution in [0, 0.1) is 5.92 Å². The Morgan fingerprint density at radius 2 is 2.00 bits per heavy atom. The van der Waals surface area contributed by atoms with Gasteiger partial charge in [-0.15, -0.1) is 0 Å². The quantitative estimate of drug-likeness (QED) is 0.620. The van der Waals surface area contributed by atoms with Crippen LogP contribution in [0.25, 0.3) is 0 Å². The second-order valence-corrected chi connectivity index (χ2v) is 6.53. The maximum Gasteiger partial charge on any atom is 0.305 e. The number of carboxylic acid groups (broad SMARTS) is 1. The predicted molar refractivity (Wildman–Crippen MR) is 86.8 cm³/mol. The van der Waals surface area contributed by atoms with Gasteiger partial charge in [0.25, 0.3) is 0 Å². The molecule has 2 atom stereocenters. The summed E-state index contributed by atoms with van der Waals surface area (Å²) < 4.78 is 0. The molecule has 0 saturated carbocycles. The second-order valence-electron chi connectivity index (χ2n) is 6.53. The molecule has 8 heteroatoms. The fourth-order valence-electron chi connectivity index (χ4n) is 2.69. The lowest BCUT2D eigenvalue weighted by atomic mass is 10.0. The highest BCUT2D eigenvalue weighted by molar-refractivity contribution is 5.86. The van der Waals surface area contributed by atoms with Crippen molar-refractivity contribution in [3.05, 3.63) is 0 Å². The molecule has 1 fully saturated rings. The Morgan fingerprint density at radius 1 is 1.33 bits per heavy atom. The third-order valence-electron chi connectivity index (χ3n) is 4.09. The van der Waals surface area contributed by atoms with Crippen LogP contribution in [-0.4, -0.2) is 64.9 Å². The van der Waals surface area contributed by atoms with Gasteiger partial charge in [-0.3, -0.25) is 19.4 Å². The van der Waals surface area contributed by atoms with Crippen molar-refractivity contribution in [1.29, 1.82) is 0 Å². The van der Waals surface area contributed by atoms with Gasteiger partial charge in [-0.05, 0) is 25.2 Å². The molecule has 0 aliphatic carbocycles. The average Bonchev–Trinajstić information content (AvgIpc) is 2.51. The number of hydrogen-bond acceptors (Lipinski definition) is 5. The van der Waals surface area contributed by atoms with Gasteiger partial charge in [0.05, 0.1) is 12.5 Å². The molecule has 2 N–H and O–H groups in total. The van der Waals surface area contributed by atoms with Gasteiger partial charge in [0.15, 0.2) is 0 Å². The summed E-state index contributed by atoms with van der Waals surface area (Å²) >= 11 is 0. The Hall–Kier alpha value is -1.96. The Morgan fingerprint density at radius 3 is 2.54 bits per heavy atom. The van der Waals surface area contributed by atoms with Crippen LogP contribution in [0.5, 0.6) is 0 Å². The highest BCUT2D eigenvalue weighted by atomic mass is 16.4. The van der Waals surface area contributed by atoms with E-state index in [-0.39, 0.29) is 5.91 Å². The van der Waals surface area contributed by atoms with Crippen LogP contribution < -0.4 is 5.32 Å². The lowest BCUT2D eigenvalue weighted by molar-refractivity contribution is -0.161. The molecule has 0 aromatic carbocycles. The number of rotatable bonds is 8. The van der Waals surface area contributed by atoms with Crippen LogP contribution in [0.4, 0.5) is 0 Å². The van der Waals surface area contributed by atoms with Gasteiger partial charge in [-0.25, -0.2) is 5.01 Å². The summed E-state index contributed by atoms with van der Waals surface area (Å²) in [6.07, 6.45) is 2.40. The van der Waals surface area contributed by atoms with E-state index in [1.165, 1.54) is 0 Å². The normalized spacial score (nSPS) is 19.8. The van der Waals surface area contributed by atoms with E-state index >= 15 is 0 Å². The van der Waals surface area contributed by atoms with Gasteiger partial charge in [0, 0.05) is 20.0 Å². The minimum atomic E-state index is -1.16. The van der Waals surface area contributed by atoms with Crippen LogP contribution in [0.3, 0.4) is 0 Å². The number of hydrazine groups is 1. The summed E-state index contributed by atoms with van der Waals surface area (Å²) in [7, 11) is 1.67. The standard InChI is InChI=1S/C16H27N3O5/c1-11(2)6-7-14(21)19-8-4-5-13(18(19)3)16(24)17-12(10-20)9-15(22)23/h10-13H,4-9H2,1-3H3,(H,17,24)(H,22,23). The van der Waals surface area contributed by atoms with E-state index in [9.17, 15) is 19.2 Å². The zero-order valence-corrected chi connectivity index (χ0v) is 14.5. The van der Waals surface area contributed by atoms with Crippen molar-refractivity contribution in [3.63, 3.8) is 0 Å². The summed E-state index contributed by atoms with van der Waals surface area (Å²) in [4.78, 5) is 46.3. The van der Waals surface area contributed by atoms with Crippen molar-refractivity contribution in [2.75, 3.05) is 13.6 Å². The summed E-state index contributed by atoms with van der Waals surface area (Å²) in [6, 6.07) is -1.64. The molecule has 2 amide bonds. The van der Waals surface area contributed by atoms with Crippen molar-refractivity contribution in [2.45, 2.75) is 58.0 Å². The number of aldehydes is 1. The molecule has 0 aromatic heterocycles. The van der Waals surface area contributed by atoms with Crippen molar-refractivity contribution < 1.29 is 24.3 Å². The van der Waals surface area contributed by atoms with Crippen LogP contribution >= 0.6 is 0 Å². The number of amides is 2. The van der Waals surface area contributed by atoms with E-state index < -0.39 is 30.4 Å². The number of carboxylic acids is 1. The molecular formula is C16H27N3O5. The maximum atomic E-state index is 12.4. The van der Waals surface area contributed by atoms with E-state index in [0.717, 1.165) is 6.42 Å². The molecule has 136 valence electrons. The third-order valence-corrected chi connectivity index (χ3v) is 4.09. The maximum absolute atomic E-state index is 12.4. The van der Waals surface area contributed by atoms with Crippen LogP contribution in [0.2, 0.25) is 0 Å². The van der Waals surface area contributed by atoms with Crippen molar-refractivity contribution in [2.24, 2.45) is 5.92 Å². The van der Waals surface area contributed by atoms with Crippen LogP contribution in [0.15, 0.2) is 0 Å². The average molecular weight is 341 g/mol. The fraction of sp³-hybridized carbons (Fsp3) is 0.750. The molecule has 1 heterocycles. The zero-order chi connectivity index (χ0) is 18.3. The van der Waals surface area contributed by atoms with E-state index in [2.05, 4.69) is 5.32 Å². The summed E-state index contributed by atoms with van der Waals surface area (Å²) in [5.41, 5.74) is 0. The van der Waals surface area contributed by atoms with E-state index in [0.29, 0.717) is 38.0 Å². The lowest BCUT2D eigenvalue weighted by Gasteiger charge is -2.41. The van der Waals surface area contributed by atoms with Gasteiger partial charge in [0.1, 0.15) is 12.3 Å². The van der Waals surface area contributed by atoms with Crippen LogP contribution in [-0.2, 0) is 19.2 Å². The lowest BCUT2D eigenvalue weighted by Crippen LogP contribution is -2.59. The number of nitrogens with zero attached hydrogens (tertiary/aromatic N) is 2.